The molecule has 0 N–H and O–H groups in total. The summed E-state index contributed by atoms with van der Waals surface area (Å²) in [7, 11) is 6.74. The lowest BCUT2D eigenvalue weighted by molar-refractivity contribution is 0.0991. The summed E-state index contributed by atoms with van der Waals surface area (Å²) < 4.78 is 55.2. The van der Waals surface area contributed by atoms with Gasteiger partial charge in [-0.1, -0.05) is 6.07 Å². The minimum Gasteiger partial charge on any atom is -0.493 e. The molecule has 2 aromatic heterocycles. The lowest BCUT2D eigenvalue weighted by atomic mass is 10.0. The fraction of sp³-hybridized carbons (Fsp3) is 0.294. The molecular weight excluding hydrogens is 626 g/mol. The fourth-order valence-electron chi connectivity index (χ4n) is 6.11. The molecule has 0 aliphatic carbocycles. The standard InChI is InChI=1S/C34H32F2N6O6/c1-39-7-9-41(10-8-39)31-24(36)13-21-30-33(31)47-18-40(2)42(30)16-22(32(21)44)26(43)12-19-5-6-27(23(35)11-19)48-34-20-14-28(45-3)29(46-4)15-25(20)37-17-38-34/h5-6,11,13-17H,7-10,12,18H2,1-4H3. The highest BCUT2D eigenvalue weighted by Gasteiger charge is 2.30. The number of anilines is 1. The Morgan fingerprint density at radius 3 is 2.40 bits per heavy atom. The van der Waals surface area contributed by atoms with Crippen molar-refractivity contribution in [2.75, 3.05) is 71.1 Å². The van der Waals surface area contributed by atoms with E-state index in [9.17, 15) is 9.59 Å². The summed E-state index contributed by atoms with van der Waals surface area (Å²) in [6, 6.07) is 8.56. The van der Waals surface area contributed by atoms with Crippen molar-refractivity contribution < 1.29 is 32.5 Å². The first kappa shape index (κ1) is 31.1. The van der Waals surface area contributed by atoms with Crippen LogP contribution in [-0.4, -0.2) is 86.6 Å². The van der Waals surface area contributed by atoms with Gasteiger partial charge in [0.15, 0.2) is 47.1 Å². The van der Waals surface area contributed by atoms with Gasteiger partial charge in [0.25, 0.3) is 0 Å². The molecule has 0 atom stereocenters. The number of pyridine rings is 1. The number of carbonyl (C=O) groups is 1. The monoisotopic (exact) mass is 658 g/mol. The number of Topliss-reactive ketones (excluding diaryl/α,β-unsaturated/α-hetero) is 1. The summed E-state index contributed by atoms with van der Waals surface area (Å²) in [5, 5.41) is 2.19. The van der Waals surface area contributed by atoms with Gasteiger partial charge in [0.05, 0.1) is 36.1 Å². The number of benzene rings is 3. The Kier molecular flexibility index (Phi) is 7.95. The molecule has 248 valence electrons. The topological polar surface area (TPSA) is 111 Å². The first-order valence-corrected chi connectivity index (χ1v) is 15.2. The molecule has 4 heterocycles. The van der Waals surface area contributed by atoms with Gasteiger partial charge >= 0.3 is 0 Å². The minimum absolute atomic E-state index is 0.0269. The summed E-state index contributed by atoms with van der Waals surface area (Å²) in [4.78, 5) is 39.7. The van der Waals surface area contributed by atoms with Crippen LogP contribution in [0.1, 0.15) is 15.9 Å². The lowest BCUT2D eigenvalue weighted by Crippen LogP contribution is -2.46. The zero-order valence-electron chi connectivity index (χ0n) is 26.8. The summed E-state index contributed by atoms with van der Waals surface area (Å²) in [6.45, 7) is 2.80. The molecular formula is C34H32F2N6O6. The Hall–Kier alpha value is -5.50. The maximum Gasteiger partial charge on any atom is 0.230 e. The highest BCUT2D eigenvalue weighted by Crippen LogP contribution is 2.41. The molecule has 0 spiro atoms. The van der Waals surface area contributed by atoms with Gasteiger partial charge in [-0.3, -0.25) is 19.3 Å². The van der Waals surface area contributed by atoms with Crippen LogP contribution >= 0.6 is 0 Å². The minimum atomic E-state index is -0.738. The molecule has 48 heavy (non-hydrogen) atoms. The quantitative estimate of drug-likeness (QED) is 0.225. The van der Waals surface area contributed by atoms with Gasteiger partial charge in [0.1, 0.15) is 17.5 Å². The van der Waals surface area contributed by atoms with Crippen LogP contribution < -0.4 is 34.3 Å². The number of methoxy groups -OCH3 is 2. The Labute approximate surface area is 273 Å². The first-order valence-electron chi connectivity index (χ1n) is 15.2. The maximum atomic E-state index is 15.7. The van der Waals surface area contributed by atoms with Crippen LogP contribution in [0.4, 0.5) is 14.5 Å². The van der Waals surface area contributed by atoms with Crippen LogP contribution in [0.15, 0.2) is 53.7 Å². The smallest absolute Gasteiger partial charge is 0.230 e. The molecule has 2 aliphatic heterocycles. The van der Waals surface area contributed by atoms with E-state index in [0.29, 0.717) is 52.3 Å². The van der Waals surface area contributed by atoms with E-state index in [1.807, 2.05) is 11.9 Å². The third kappa shape index (κ3) is 5.37. The van der Waals surface area contributed by atoms with Crippen LogP contribution in [0.25, 0.3) is 21.8 Å². The van der Waals surface area contributed by atoms with Gasteiger partial charge in [0.2, 0.25) is 11.3 Å². The number of ketones is 1. The molecule has 7 rings (SSSR count). The van der Waals surface area contributed by atoms with Gasteiger partial charge in [-0.2, -0.15) is 0 Å². The second kappa shape index (κ2) is 12.3. The third-order valence-electron chi connectivity index (χ3n) is 8.71. The number of piperazine rings is 1. The molecule has 0 bridgehead atoms. The Morgan fingerprint density at radius 2 is 1.67 bits per heavy atom. The second-order valence-electron chi connectivity index (χ2n) is 11.7. The number of likely N-dealkylation sites (N-methyl/N-ethyl adjacent to an activating group) is 1. The van der Waals surface area contributed by atoms with E-state index in [0.717, 1.165) is 13.1 Å². The molecule has 12 nitrogen and oxygen atoms in total. The second-order valence-corrected chi connectivity index (χ2v) is 11.7. The Balaban J connectivity index is 1.18. The predicted octanol–water partition coefficient (Wildman–Crippen LogP) is 4.13. The number of ether oxygens (including phenoxy) is 4. The molecule has 1 saturated heterocycles. The van der Waals surface area contributed by atoms with Crippen molar-refractivity contribution in [2.45, 2.75) is 6.42 Å². The summed E-state index contributed by atoms with van der Waals surface area (Å²) in [5.74, 6) is -0.752. The SMILES string of the molecule is COc1cc2ncnc(Oc3ccc(CC(=O)c4cn5c6c(c(N7CCN(C)CC7)c(F)cc6c4=O)OCN5C)cc3F)c2cc1OC. The van der Waals surface area contributed by atoms with Gasteiger partial charge in [-0.25, -0.2) is 18.7 Å². The molecule has 0 amide bonds. The van der Waals surface area contributed by atoms with E-state index in [1.54, 1.807) is 28.9 Å². The van der Waals surface area contributed by atoms with Crippen molar-refractivity contribution >= 4 is 33.3 Å². The number of fused-ring (bicyclic) bond motifs is 1. The van der Waals surface area contributed by atoms with Crippen LogP contribution in [-0.2, 0) is 6.42 Å². The normalized spacial score (nSPS) is 14.7. The number of carbonyl (C=O) groups excluding carboxylic acids is 1. The third-order valence-corrected chi connectivity index (χ3v) is 8.71. The Morgan fingerprint density at radius 1 is 0.917 bits per heavy atom. The van der Waals surface area contributed by atoms with Crippen molar-refractivity contribution in [2.24, 2.45) is 0 Å². The van der Waals surface area contributed by atoms with Crippen LogP contribution in [0.3, 0.4) is 0 Å². The molecule has 1 fully saturated rings. The molecule has 3 aromatic carbocycles. The van der Waals surface area contributed by atoms with Crippen LogP contribution in [0, 0.1) is 11.6 Å². The number of rotatable bonds is 8. The first-order chi connectivity index (χ1) is 23.2. The molecule has 2 aliphatic rings. The zero-order valence-corrected chi connectivity index (χ0v) is 26.8. The van der Waals surface area contributed by atoms with Gasteiger partial charge in [-0.05, 0) is 36.9 Å². The van der Waals surface area contributed by atoms with Crippen molar-refractivity contribution in [3.63, 3.8) is 0 Å². The van der Waals surface area contributed by atoms with E-state index >= 15 is 8.78 Å². The van der Waals surface area contributed by atoms with Gasteiger partial charge < -0.3 is 28.7 Å². The van der Waals surface area contributed by atoms with E-state index in [4.69, 9.17) is 18.9 Å². The predicted molar refractivity (Wildman–Crippen MR) is 175 cm³/mol. The van der Waals surface area contributed by atoms with Gasteiger partial charge in [-0.15, -0.1) is 0 Å². The van der Waals surface area contributed by atoms with Crippen LogP contribution in [0.5, 0.6) is 28.9 Å². The number of halogens is 2. The Bertz CT molecular complexity index is 2150. The summed E-state index contributed by atoms with van der Waals surface area (Å²) in [5.41, 5.74) is 0.741. The van der Waals surface area contributed by atoms with E-state index in [1.165, 1.54) is 51.0 Å². The maximum absolute atomic E-state index is 15.7. The van der Waals surface area contributed by atoms with E-state index in [-0.39, 0.29) is 41.5 Å². The number of hydrogen-bond donors (Lipinski definition) is 0. The summed E-state index contributed by atoms with van der Waals surface area (Å²) in [6.07, 6.45) is 2.46. The number of hydrogen-bond acceptors (Lipinski definition) is 11. The van der Waals surface area contributed by atoms with E-state index in [2.05, 4.69) is 14.9 Å². The number of aromatic nitrogens is 3. The van der Waals surface area contributed by atoms with Crippen molar-refractivity contribution in [3.8, 4) is 28.9 Å². The molecule has 0 radical (unpaired) electrons. The fourth-order valence-corrected chi connectivity index (χ4v) is 6.11. The average molecular weight is 659 g/mol. The van der Waals surface area contributed by atoms with Crippen molar-refractivity contribution in [3.05, 3.63) is 81.9 Å². The molecule has 5 aromatic rings. The summed E-state index contributed by atoms with van der Waals surface area (Å²) >= 11 is 0. The van der Waals surface area contributed by atoms with Crippen LogP contribution in [0.2, 0.25) is 0 Å². The molecule has 14 heteroatoms. The molecule has 0 unspecified atom stereocenters. The van der Waals surface area contributed by atoms with E-state index < -0.39 is 22.8 Å². The van der Waals surface area contributed by atoms with Crippen molar-refractivity contribution in [1.82, 2.24) is 19.5 Å². The largest absolute Gasteiger partial charge is 0.493 e. The highest BCUT2D eigenvalue weighted by molar-refractivity contribution is 6.02. The molecule has 0 saturated carbocycles. The zero-order chi connectivity index (χ0) is 33.7. The van der Waals surface area contributed by atoms with Crippen molar-refractivity contribution in [1.29, 1.82) is 0 Å². The lowest BCUT2D eigenvalue weighted by Gasteiger charge is -2.37. The van der Waals surface area contributed by atoms with Gasteiger partial charge in [0, 0.05) is 51.9 Å². The average Bonchev–Trinajstić information content (AvgIpc) is 3.08. The highest BCUT2D eigenvalue weighted by atomic mass is 19.1. The number of nitrogens with zero attached hydrogens (tertiary/aromatic N) is 6.